The maximum absolute atomic E-state index is 11.9. The van der Waals surface area contributed by atoms with E-state index in [1.807, 2.05) is 30.3 Å². The van der Waals surface area contributed by atoms with Gasteiger partial charge in [0.05, 0.1) is 11.4 Å². The van der Waals surface area contributed by atoms with E-state index in [2.05, 4.69) is 65.9 Å². The number of hydrogen-bond acceptors (Lipinski definition) is 5. The number of carbonyl (C=O) groups is 1. The van der Waals surface area contributed by atoms with Crippen molar-refractivity contribution in [1.29, 1.82) is 0 Å². The van der Waals surface area contributed by atoms with E-state index in [1.165, 1.54) is 11.4 Å². The molecule has 1 saturated heterocycles. The molecule has 3 rings (SSSR count). The van der Waals surface area contributed by atoms with Gasteiger partial charge in [0.25, 0.3) is 0 Å². The quantitative estimate of drug-likeness (QED) is 0.394. The Morgan fingerprint density at radius 2 is 1.70 bits per heavy atom. The number of anilines is 2. The number of likely N-dealkylation sites (tertiary alicyclic amines) is 1. The third kappa shape index (κ3) is 7.97. The highest BCUT2D eigenvalue weighted by Gasteiger charge is 2.30. The molecule has 0 atom stereocenters. The minimum absolute atomic E-state index is 0.113. The zero-order chi connectivity index (χ0) is 23.5. The molecule has 0 bridgehead atoms. The molecule has 1 amide bonds. The smallest absolute Gasteiger partial charge is 0.407 e. The number of benzene rings is 2. The molecule has 0 aromatic heterocycles. The van der Waals surface area contributed by atoms with Crippen LogP contribution in [0.4, 0.5) is 16.2 Å². The number of para-hydroxylation sites is 2. The van der Waals surface area contributed by atoms with Crippen molar-refractivity contribution in [3.05, 3.63) is 60.2 Å². The van der Waals surface area contributed by atoms with Crippen molar-refractivity contribution in [3.63, 3.8) is 0 Å². The monoisotopic (exact) mass is 452 g/mol. The first-order chi connectivity index (χ1) is 16.0. The van der Waals surface area contributed by atoms with Crippen LogP contribution < -0.4 is 16.0 Å². The summed E-state index contributed by atoms with van der Waals surface area (Å²) < 4.78 is 5.29. The minimum atomic E-state index is -0.346. The number of nitrogens with zero attached hydrogens (tertiary/aromatic N) is 1. The number of carbonyl (C=O) groups excluding carboxylic acids is 1. The average molecular weight is 453 g/mol. The summed E-state index contributed by atoms with van der Waals surface area (Å²) in [4.78, 5) is 14.5. The van der Waals surface area contributed by atoms with Gasteiger partial charge >= 0.3 is 6.09 Å². The molecule has 6 nitrogen and oxygen atoms in total. The summed E-state index contributed by atoms with van der Waals surface area (Å²) in [6.45, 7) is 10.8. The van der Waals surface area contributed by atoms with Gasteiger partial charge in [-0.3, -0.25) is 4.90 Å². The van der Waals surface area contributed by atoms with Gasteiger partial charge in [-0.15, -0.1) is 0 Å². The zero-order valence-electron chi connectivity index (χ0n) is 20.4. The Balaban J connectivity index is 1.34. The van der Waals surface area contributed by atoms with Crippen LogP contribution in [0.1, 0.15) is 52.0 Å². The van der Waals surface area contributed by atoms with E-state index < -0.39 is 0 Å². The Bertz CT molecular complexity index is 848. The molecule has 33 heavy (non-hydrogen) atoms. The average Bonchev–Trinajstić information content (AvgIpc) is 2.83. The van der Waals surface area contributed by atoms with Crippen molar-refractivity contribution in [3.8, 4) is 0 Å². The summed E-state index contributed by atoms with van der Waals surface area (Å²) in [5.74, 6) is 0. The van der Waals surface area contributed by atoms with Crippen LogP contribution >= 0.6 is 0 Å². The summed E-state index contributed by atoms with van der Waals surface area (Å²) in [7, 11) is 0. The minimum Gasteiger partial charge on any atom is -0.445 e. The molecular weight excluding hydrogens is 412 g/mol. The molecular formula is C27H40N4O2. The number of nitrogens with one attached hydrogen (secondary N) is 3. The van der Waals surface area contributed by atoms with Gasteiger partial charge in [-0.05, 0) is 64.2 Å². The highest BCUT2D eigenvalue weighted by atomic mass is 16.5. The maximum Gasteiger partial charge on any atom is 0.407 e. The summed E-state index contributed by atoms with van der Waals surface area (Å²) in [5.41, 5.74) is 3.49. The molecule has 6 heteroatoms. The van der Waals surface area contributed by atoms with E-state index in [9.17, 15) is 4.79 Å². The highest BCUT2D eigenvalue weighted by molar-refractivity contribution is 5.69. The molecule has 0 unspecified atom stereocenters. The lowest BCUT2D eigenvalue weighted by Crippen LogP contribution is -2.50. The van der Waals surface area contributed by atoms with E-state index in [4.69, 9.17) is 4.74 Å². The van der Waals surface area contributed by atoms with Crippen molar-refractivity contribution in [1.82, 2.24) is 10.2 Å². The lowest BCUT2D eigenvalue weighted by Gasteiger charge is -2.43. The van der Waals surface area contributed by atoms with Gasteiger partial charge in [-0.2, -0.15) is 0 Å². The first-order valence-electron chi connectivity index (χ1n) is 12.3. The molecule has 0 saturated carbocycles. The van der Waals surface area contributed by atoms with Crippen LogP contribution in [0.5, 0.6) is 0 Å². The summed E-state index contributed by atoms with van der Waals surface area (Å²) in [6, 6.07) is 18.7. The van der Waals surface area contributed by atoms with Crippen LogP contribution in [0, 0.1) is 0 Å². The molecule has 180 valence electrons. The number of hydrogen-bond donors (Lipinski definition) is 3. The van der Waals surface area contributed by atoms with Crippen LogP contribution in [0.25, 0.3) is 0 Å². The van der Waals surface area contributed by atoms with Gasteiger partial charge < -0.3 is 20.7 Å². The zero-order valence-corrected chi connectivity index (χ0v) is 20.4. The lowest BCUT2D eigenvalue weighted by atomic mass is 9.92. The van der Waals surface area contributed by atoms with E-state index in [0.717, 1.165) is 50.9 Å². The Kier molecular flexibility index (Phi) is 9.43. The SMILES string of the molecule is CCNc1ccccc1NC1CCN(C(C)(C)CCCNC(=O)OCc2ccccc2)CC1. The van der Waals surface area contributed by atoms with Crippen LogP contribution in [-0.2, 0) is 11.3 Å². The predicted molar refractivity (Wildman–Crippen MR) is 137 cm³/mol. The summed E-state index contributed by atoms with van der Waals surface area (Å²) in [5, 5.41) is 10.1. The third-order valence-corrected chi connectivity index (χ3v) is 6.45. The highest BCUT2D eigenvalue weighted by Crippen LogP contribution is 2.28. The van der Waals surface area contributed by atoms with Gasteiger partial charge in [-0.1, -0.05) is 42.5 Å². The van der Waals surface area contributed by atoms with Crippen molar-refractivity contribution >= 4 is 17.5 Å². The van der Waals surface area contributed by atoms with E-state index in [0.29, 0.717) is 19.2 Å². The topological polar surface area (TPSA) is 65.6 Å². The second-order valence-electron chi connectivity index (χ2n) is 9.39. The molecule has 0 radical (unpaired) electrons. The summed E-state index contributed by atoms with van der Waals surface area (Å²) in [6.07, 6.45) is 3.89. The Hall–Kier alpha value is -2.73. The molecule has 2 aromatic carbocycles. The fourth-order valence-corrected chi connectivity index (χ4v) is 4.45. The van der Waals surface area contributed by atoms with Crippen molar-refractivity contribution in [2.45, 2.75) is 64.6 Å². The number of alkyl carbamates (subject to hydrolysis) is 1. The van der Waals surface area contributed by atoms with Crippen molar-refractivity contribution in [2.24, 2.45) is 0 Å². The van der Waals surface area contributed by atoms with Gasteiger partial charge in [-0.25, -0.2) is 4.79 Å². The second kappa shape index (κ2) is 12.5. The molecule has 1 aliphatic heterocycles. The van der Waals surface area contributed by atoms with Gasteiger partial charge in [0.2, 0.25) is 0 Å². The molecule has 0 aliphatic carbocycles. The second-order valence-corrected chi connectivity index (χ2v) is 9.39. The Morgan fingerprint density at radius 1 is 1.03 bits per heavy atom. The predicted octanol–water partition coefficient (Wildman–Crippen LogP) is 5.48. The number of amides is 1. The molecule has 3 N–H and O–H groups in total. The van der Waals surface area contributed by atoms with E-state index in [1.54, 1.807) is 0 Å². The molecule has 1 heterocycles. The fraction of sp³-hybridized carbons (Fsp3) is 0.519. The Morgan fingerprint density at radius 3 is 2.39 bits per heavy atom. The molecule has 0 spiro atoms. The third-order valence-electron chi connectivity index (χ3n) is 6.45. The molecule has 1 fully saturated rings. The van der Waals surface area contributed by atoms with E-state index in [-0.39, 0.29) is 11.6 Å². The Labute approximate surface area is 199 Å². The van der Waals surface area contributed by atoms with Crippen LogP contribution in [0.2, 0.25) is 0 Å². The normalized spacial score (nSPS) is 15.1. The molecule has 2 aromatic rings. The van der Waals surface area contributed by atoms with Crippen LogP contribution in [0.3, 0.4) is 0 Å². The number of ether oxygens (including phenoxy) is 1. The van der Waals surface area contributed by atoms with Crippen LogP contribution in [0.15, 0.2) is 54.6 Å². The van der Waals surface area contributed by atoms with E-state index >= 15 is 0 Å². The first-order valence-corrected chi connectivity index (χ1v) is 12.3. The maximum atomic E-state index is 11.9. The van der Waals surface area contributed by atoms with Crippen molar-refractivity contribution < 1.29 is 9.53 Å². The van der Waals surface area contributed by atoms with Crippen molar-refractivity contribution in [2.75, 3.05) is 36.8 Å². The fourth-order valence-electron chi connectivity index (χ4n) is 4.45. The van der Waals surface area contributed by atoms with Gasteiger partial charge in [0.15, 0.2) is 0 Å². The van der Waals surface area contributed by atoms with Crippen LogP contribution in [-0.4, -0.2) is 48.8 Å². The first kappa shape index (κ1) is 24.9. The number of rotatable bonds is 11. The standard InChI is InChI=1S/C27H40N4O2/c1-4-28-24-13-8-9-14-25(24)30-23-15-19-31(20-16-23)27(2,3)17-10-18-29-26(32)33-21-22-11-6-5-7-12-22/h5-9,11-14,23,28,30H,4,10,15-21H2,1-3H3,(H,29,32). The van der Waals surface area contributed by atoms with Gasteiger partial charge in [0, 0.05) is 37.8 Å². The largest absolute Gasteiger partial charge is 0.445 e. The summed E-state index contributed by atoms with van der Waals surface area (Å²) >= 11 is 0. The molecule has 1 aliphatic rings. The lowest BCUT2D eigenvalue weighted by molar-refractivity contribution is 0.0818. The van der Waals surface area contributed by atoms with Gasteiger partial charge in [0.1, 0.15) is 6.61 Å². The number of piperidine rings is 1.